The number of nitrogens with one attached hydrogen (secondary N) is 1. The smallest absolute Gasteiger partial charge is 0.129 e. The van der Waals surface area contributed by atoms with E-state index >= 15 is 0 Å². The largest absolute Gasteiger partial charge is 0.472 e. The predicted octanol–water partition coefficient (Wildman–Crippen LogP) is 2.17. The first-order chi connectivity index (χ1) is 8.69. The third-order valence-electron chi connectivity index (χ3n) is 2.78. The molecule has 3 N–H and O–H groups in total. The van der Waals surface area contributed by atoms with Crippen LogP contribution in [0.5, 0.6) is 0 Å². The van der Waals surface area contributed by atoms with Crippen LogP contribution in [0.25, 0.3) is 0 Å². The van der Waals surface area contributed by atoms with E-state index in [1.165, 1.54) is 12.1 Å². The van der Waals surface area contributed by atoms with Gasteiger partial charge in [-0.2, -0.15) is 0 Å². The van der Waals surface area contributed by atoms with Crippen molar-refractivity contribution in [1.29, 1.82) is 0 Å². The van der Waals surface area contributed by atoms with Gasteiger partial charge in [-0.1, -0.05) is 6.07 Å². The van der Waals surface area contributed by atoms with Crippen molar-refractivity contribution in [1.82, 2.24) is 5.43 Å². The van der Waals surface area contributed by atoms with Gasteiger partial charge in [-0.15, -0.1) is 0 Å². The molecule has 3 nitrogen and oxygen atoms in total. The Balaban J connectivity index is 2.05. The summed E-state index contributed by atoms with van der Waals surface area (Å²) in [6.07, 6.45) is 4.18. The molecule has 0 aliphatic rings. The SMILES string of the molecule is NNC(Cc1ccoc1)Cc1ccc(F)cc1F. The van der Waals surface area contributed by atoms with Crippen LogP contribution in [0, 0.1) is 11.6 Å². The molecule has 0 aliphatic carbocycles. The molecule has 1 aromatic carbocycles. The van der Waals surface area contributed by atoms with Crippen LogP contribution in [0.4, 0.5) is 8.78 Å². The van der Waals surface area contributed by atoms with Gasteiger partial charge in [0.2, 0.25) is 0 Å². The summed E-state index contributed by atoms with van der Waals surface area (Å²) in [6.45, 7) is 0. The van der Waals surface area contributed by atoms with E-state index in [0.717, 1.165) is 11.6 Å². The van der Waals surface area contributed by atoms with Crippen molar-refractivity contribution in [3.8, 4) is 0 Å². The fourth-order valence-corrected chi connectivity index (χ4v) is 1.84. The van der Waals surface area contributed by atoms with E-state index in [1.54, 1.807) is 12.5 Å². The van der Waals surface area contributed by atoms with Gasteiger partial charge in [0.05, 0.1) is 12.5 Å². The first kappa shape index (κ1) is 12.7. The van der Waals surface area contributed by atoms with Gasteiger partial charge >= 0.3 is 0 Å². The average Bonchev–Trinajstić information content (AvgIpc) is 2.84. The van der Waals surface area contributed by atoms with Crippen LogP contribution in [0.3, 0.4) is 0 Å². The molecule has 0 amide bonds. The molecule has 0 saturated heterocycles. The Kier molecular flexibility index (Phi) is 4.07. The number of hydrogen-bond donors (Lipinski definition) is 2. The van der Waals surface area contributed by atoms with Gasteiger partial charge in [0.25, 0.3) is 0 Å². The molecule has 0 fully saturated rings. The van der Waals surface area contributed by atoms with E-state index in [0.29, 0.717) is 18.4 Å². The van der Waals surface area contributed by atoms with Crippen LogP contribution in [0.2, 0.25) is 0 Å². The van der Waals surface area contributed by atoms with Gasteiger partial charge < -0.3 is 4.42 Å². The molecule has 1 unspecified atom stereocenters. The van der Waals surface area contributed by atoms with Gasteiger partial charge in [-0.05, 0) is 36.1 Å². The van der Waals surface area contributed by atoms with E-state index in [4.69, 9.17) is 10.3 Å². The second-order valence-corrected chi connectivity index (χ2v) is 4.14. The van der Waals surface area contributed by atoms with Crippen molar-refractivity contribution in [2.24, 2.45) is 5.84 Å². The molecule has 0 spiro atoms. The minimum absolute atomic E-state index is 0.137. The normalized spacial score (nSPS) is 12.6. The molecule has 5 heteroatoms. The maximum absolute atomic E-state index is 13.5. The van der Waals surface area contributed by atoms with Gasteiger partial charge in [0.1, 0.15) is 11.6 Å². The maximum Gasteiger partial charge on any atom is 0.129 e. The molecule has 2 aromatic rings. The highest BCUT2D eigenvalue weighted by atomic mass is 19.1. The summed E-state index contributed by atoms with van der Waals surface area (Å²) in [7, 11) is 0. The summed E-state index contributed by atoms with van der Waals surface area (Å²) in [5.74, 6) is 4.31. The van der Waals surface area contributed by atoms with Crippen LogP contribution in [0.15, 0.2) is 41.2 Å². The Labute approximate surface area is 104 Å². The highest BCUT2D eigenvalue weighted by Gasteiger charge is 2.13. The second kappa shape index (κ2) is 5.75. The molecule has 96 valence electrons. The van der Waals surface area contributed by atoms with Gasteiger partial charge in [-0.3, -0.25) is 11.3 Å². The molecule has 0 radical (unpaired) electrons. The van der Waals surface area contributed by atoms with Gasteiger partial charge in [0.15, 0.2) is 0 Å². The van der Waals surface area contributed by atoms with Gasteiger partial charge in [-0.25, -0.2) is 8.78 Å². The molecule has 1 aromatic heterocycles. The van der Waals surface area contributed by atoms with Crippen molar-refractivity contribution >= 4 is 0 Å². The number of furan rings is 1. The summed E-state index contributed by atoms with van der Waals surface area (Å²) in [5, 5.41) is 0. The highest BCUT2D eigenvalue weighted by Crippen LogP contribution is 2.14. The Morgan fingerprint density at radius 3 is 2.67 bits per heavy atom. The number of hydrazine groups is 1. The zero-order chi connectivity index (χ0) is 13.0. The Hall–Kier alpha value is -1.72. The molecule has 0 saturated carbocycles. The minimum Gasteiger partial charge on any atom is -0.472 e. The van der Waals surface area contributed by atoms with Crippen LogP contribution >= 0.6 is 0 Å². The zero-order valence-electron chi connectivity index (χ0n) is 9.70. The molecule has 0 aliphatic heterocycles. The summed E-state index contributed by atoms with van der Waals surface area (Å²) in [4.78, 5) is 0. The third-order valence-corrected chi connectivity index (χ3v) is 2.78. The van der Waals surface area contributed by atoms with Crippen molar-refractivity contribution in [3.63, 3.8) is 0 Å². The van der Waals surface area contributed by atoms with Crippen molar-refractivity contribution < 1.29 is 13.2 Å². The van der Waals surface area contributed by atoms with Gasteiger partial charge in [0, 0.05) is 12.1 Å². The number of hydrogen-bond acceptors (Lipinski definition) is 3. The molecule has 1 atom stereocenters. The summed E-state index contributed by atoms with van der Waals surface area (Å²) >= 11 is 0. The maximum atomic E-state index is 13.5. The molecular formula is C13H14F2N2O. The van der Waals surface area contributed by atoms with Crippen LogP contribution in [-0.2, 0) is 12.8 Å². The Morgan fingerprint density at radius 1 is 1.22 bits per heavy atom. The summed E-state index contributed by atoms with van der Waals surface area (Å²) in [5.41, 5.74) is 4.03. The van der Waals surface area contributed by atoms with Crippen molar-refractivity contribution in [3.05, 3.63) is 59.6 Å². The van der Waals surface area contributed by atoms with E-state index in [9.17, 15) is 8.78 Å². The predicted molar refractivity (Wildman–Crippen MR) is 63.6 cm³/mol. The van der Waals surface area contributed by atoms with E-state index in [2.05, 4.69) is 5.43 Å². The lowest BCUT2D eigenvalue weighted by molar-refractivity contribution is 0.498. The fourth-order valence-electron chi connectivity index (χ4n) is 1.84. The fraction of sp³-hybridized carbons (Fsp3) is 0.231. The number of rotatable bonds is 5. The average molecular weight is 252 g/mol. The Morgan fingerprint density at radius 2 is 2.06 bits per heavy atom. The summed E-state index contributed by atoms with van der Waals surface area (Å²) in [6, 6.07) is 5.24. The van der Waals surface area contributed by atoms with Crippen LogP contribution < -0.4 is 11.3 Å². The Bertz CT molecular complexity index is 500. The molecule has 18 heavy (non-hydrogen) atoms. The van der Waals surface area contributed by atoms with E-state index in [1.807, 2.05) is 6.07 Å². The topological polar surface area (TPSA) is 51.2 Å². The second-order valence-electron chi connectivity index (χ2n) is 4.14. The van der Waals surface area contributed by atoms with Crippen molar-refractivity contribution in [2.45, 2.75) is 18.9 Å². The van der Waals surface area contributed by atoms with Crippen molar-refractivity contribution in [2.75, 3.05) is 0 Å². The quantitative estimate of drug-likeness (QED) is 0.633. The molecule has 0 bridgehead atoms. The lowest BCUT2D eigenvalue weighted by Gasteiger charge is -2.15. The third kappa shape index (κ3) is 3.15. The summed E-state index contributed by atoms with van der Waals surface area (Å²) < 4.78 is 31.2. The van der Waals surface area contributed by atoms with Crippen LogP contribution in [-0.4, -0.2) is 6.04 Å². The number of benzene rings is 1. The standard InChI is InChI=1S/C13H14F2N2O/c14-11-2-1-10(13(15)7-11)6-12(17-16)5-9-3-4-18-8-9/h1-4,7-8,12,17H,5-6,16H2. The van der Waals surface area contributed by atoms with E-state index < -0.39 is 11.6 Å². The zero-order valence-corrected chi connectivity index (χ0v) is 9.70. The molecule has 2 rings (SSSR count). The first-order valence-electron chi connectivity index (χ1n) is 5.60. The lowest BCUT2D eigenvalue weighted by Crippen LogP contribution is -2.38. The number of nitrogens with two attached hydrogens (primary N) is 1. The number of halogens is 2. The molecular weight excluding hydrogens is 238 g/mol. The van der Waals surface area contributed by atoms with Crippen LogP contribution in [0.1, 0.15) is 11.1 Å². The lowest BCUT2D eigenvalue weighted by atomic mass is 10.0. The minimum atomic E-state index is -0.580. The molecule has 1 heterocycles. The monoisotopic (exact) mass is 252 g/mol. The first-order valence-corrected chi connectivity index (χ1v) is 5.60. The van der Waals surface area contributed by atoms with E-state index in [-0.39, 0.29) is 6.04 Å². The highest BCUT2D eigenvalue weighted by molar-refractivity contribution is 5.20.